The number of imidazole rings is 1. The average Bonchev–Trinajstić information content (AvgIpc) is 2.91. The second kappa shape index (κ2) is 6.30. The van der Waals surface area contributed by atoms with E-state index >= 15 is 0 Å². The largest absolute Gasteiger partial charge is 0.315 e. The molecular formula is C15H18N4OS. The summed E-state index contributed by atoms with van der Waals surface area (Å²) >= 11 is 1.46. The fraction of sp³-hybridized carbons (Fsp3) is 0.400. The van der Waals surface area contributed by atoms with Gasteiger partial charge in [-0.25, -0.2) is 9.97 Å². The van der Waals surface area contributed by atoms with Crippen molar-refractivity contribution in [2.45, 2.75) is 43.0 Å². The lowest BCUT2D eigenvalue weighted by molar-refractivity contribution is -0.115. The molecule has 5 nitrogen and oxygen atoms in total. The van der Waals surface area contributed by atoms with Crippen LogP contribution in [0, 0.1) is 0 Å². The lowest BCUT2D eigenvalue weighted by Crippen LogP contribution is -2.25. The van der Waals surface area contributed by atoms with Crippen LogP contribution in [0.5, 0.6) is 0 Å². The number of fused-ring (bicyclic) bond motifs is 1. The number of carbonyl (C=O) groups is 1. The molecule has 0 fully saturated rings. The molecule has 3 heterocycles. The van der Waals surface area contributed by atoms with E-state index in [0.29, 0.717) is 0 Å². The Kier molecular flexibility index (Phi) is 4.24. The number of aromatic nitrogens is 3. The van der Waals surface area contributed by atoms with Gasteiger partial charge in [-0.2, -0.15) is 0 Å². The number of nitrogens with one attached hydrogen (secondary N) is 1. The zero-order chi connectivity index (χ0) is 14.7. The first kappa shape index (κ1) is 14.1. The van der Waals surface area contributed by atoms with Gasteiger partial charge in [-0.15, -0.1) is 0 Å². The Morgan fingerprint density at radius 1 is 1.38 bits per heavy atom. The Morgan fingerprint density at radius 2 is 2.29 bits per heavy atom. The summed E-state index contributed by atoms with van der Waals surface area (Å²) < 4.78 is 2.11. The van der Waals surface area contributed by atoms with Crippen molar-refractivity contribution in [3.8, 4) is 0 Å². The minimum absolute atomic E-state index is 0.0149. The van der Waals surface area contributed by atoms with E-state index in [-0.39, 0.29) is 11.2 Å². The maximum Gasteiger partial charge on any atom is 0.238 e. The van der Waals surface area contributed by atoms with Crippen LogP contribution < -0.4 is 5.32 Å². The molecule has 0 saturated heterocycles. The number of nitrogens with zero attached hydrogens (tertiary/aromatic N) is 3. The maximum atomic E-state index is 12.3. The molecule has 0 spiro atoms. The molecule has 3 rings (SSSR count). The van der Waals surface area contributed by atoms with Crippen molar-refractivity contribution in [2.75, 3.05) is 5.32 Å². The molecule has 0 aromatic carbocycles. The molecule has 2 aromatic heterocycles. The summed E-state index contributed by atoms with van der Waals surface area (Å²) in [6.07, 6.45) is 6.81. The summed E-state index contributed by atoms with van der Waals surface area (Å²) in [5.41, 5.74) is 0. The highest BCUT2D eigenvalue weighted by atomic mass is 32.2. The van der Waals surface area contributed by atoms with Gasteiger partial charge >= 0.3 is 0 Å². The van der Waals surface area contributed by atoms with Crippen LogP contribution in [0.3, 0.4) is 0 Å². The van der Waals surface area contributed by atoms with E-state index in [4.69, 9.17) is 0 Å². The number of anilines is 1. The van der Waals surface area contributed by atoms with Crippen molar-refractivity contribution >= 4 is 23.5 Å². The standard InChI is InChI=1S/C15H18N4OS/c1-11(21-14-7-2-4-8-16-14)15(20)18-13-10-17-12-6-3-5-9-19(12)13/h2,4,7-8,10-11H,3,5-6,9H2,1H3,(H,18,20). The van der Waals surface area contributed by atoms with Crippen molar-refractivity contribution in [2.24, 2.45) is 0 Å². The van der Waals surface area contributed by atoms with E-state index < -0.39 is 0 Å². The van der Waals surface area contributed by atoms with Gasteiger partial charge in [0.05, 0.1) is 16.5 Å². The molecule has 1 aliphatic heterocycles. The number of hydrogen-bond donors (Lipinski definition) is 1. The molecule has 0 aliphatic carbocycles. The van der Waals surface area contributed by atoms with Crippen LogP contribution in [-0.4, -0.2) is 25.7 Å². The fourth-order valence-electron chi connectivity index (χ4n) is 2.40. The third-order valence-corrected chi connectivity index (χ3v) is 4.58. The Bertz CT molecular complexity index is 626. The summed E-state index contributed by atoms with van der Waals surface area (Å²) in [6, 6.07) is 5.70. The quantitative estimate of drug-likeness (QED) is 0.882. The number of rotatable bonds is 4. The summed E-state index contributed by atoms with van der Waals surface area (Å²) in [6.45, 7) is 2.83. The predicted octanol–water partition coefficient (Wildman–Crippen LogP) is 2.73. The van der Waals surface area contributed by atoms with Crippen LogP contribution in [0.2, 0.25) is 0 Å². The third kappa shape index (κ3) is 3.26. The molecule has 1 amide bonds. The minimum Gasteiger partial charge on any atom is -0.315 e. The number of thioether (sulfide) groups is 1. The van der Waals surface area contributed by atoms with Gasteiger partial charge in [0.1, 0.15) is 11.6 Å². The summed E-state index contributed by atoms with van der Waals surface area (Å²) in [7, 11) is 0. The highest BCUT2D eigenvalue weighted by Crippen LogP contribution is 2.23. The zero-order valence-corrected chi connectivity index (χ0v) is 12.8. The second-order valence-electron chi connectivity index (χ2n) is 5.09. The van der Waals surface area contributed by atoms with E-state index in [1.165, 1.54) is 18.2 Å². The third-order valence-electron chi connectivity index (χ3n) is 3.53. The van der Waals surface area contributed by atoms with E-state index in [2.05, 4.69) is 19.9 Å². The highest BCUT2D eigenvalue weighted by Gasteiger charge is 2.19. The van der Waals surface area contributed by atoms with E-state index in [9.17, 15) is 4.79 Å². The molecule has 1 N–H and O–H groups in total. The Labute approximate surface area is 128 Å². The van der Waals surface area contributed by atoms with Crippen molar-refractivity contribution in [1.82, 2.24) is 14.5 Å². The van der Waals surface area contributed by atoms with E-state index in [1.54, 1.807) is 12.4 Å². The molecule has 0 bridgehead atoms. The monoisotopic (exact) mass is 302 g/mol. The maximum absolute atomic E-state index is 12.3. The van der Waals surface area contributed by atoms with Crippen molar-refractivity contribution < 1.29 is 4.79 Å². The van der Waals surface area contributed by atoms with Crippen LogP contribution in [-0.2, 0) is 17.8 Å². The van der Waals surface area contributed by atoms with Crippen molar-refractivity contribution in [3.05, 3.63) is 36.4 Å². The molecule has 1 aliphatic rings. The molecular weight excluding hydrogens is 284 g/mol. The number of hydrogen-bond acceptors (Lipinski definition) is 4. The topological polar surface area (TPSA) is 59.8 Å². The van der Waals surface area contributed by atoms with Gasteiger partial charge in [0.15, 0.2) is 0 Å². The number of carbonyl (C=O) groups excluding carboxylic acids is 1. The lowest BCUT2D eigenvalue weighted by Gasteiger charge is -2.17. The van der Waals surface area contributed by atoms with Gasteiger partial charge in [-0.1, -0.05) is 17.8 Å². The Balaban J connectivity index is 1.64. The molecule has 6 heteroatoms. The molecule has 1 unspecified atom stereocenters. The molecule has 110 valence electrons. The molecule has 1 atom stereocenters. The second-order valence-corrected chi connectivity index (χ2v) is 6.45. The molecule has 21 heavy (non-hydrogen) atoms. The van der Waals surface area contributed by atoms with Gasteiger partial charge in [-0.3, -0.25) is 4.79 Å². The minimum atomic E-state index is -0.199. The van der Waals surface area contributed by atoms with Crippen LogP contribution in [0.15, 0.2) is 35.6 Å². The molecule has 0 saturated carbocycles. The lowest BCUT2D eigenvalue weighted by atomic mass is 10.2. The fourth-order valence-corrected chi connectivity index (χ4v) is 3.20. The SMILES string of the molecule is CC(Sc1ccccn1)C(=O)Nc1cnc2n1CCCC2. The summed E-state index contributed by atoms with van der Waals surface area (Å²) in [5.74, 6) is 1.86. The predicted molar refractivity (Wildman–Crippen MR) is 83.4 cm³/mol. The average molecular weight is 302 g/mol. The summed E-state index contributed by atoms with van der Waals surface area (Å²) in [5, 5.41) is 3.64. The smallest absolute Gasteiger partial charge is 0.238 e. The van der Waals surface area contributed by atoms with Gasteiger partial charge in [0.2, 0.25) is 5.91 Å². The van der Waals surface area contributed by atoms with Gasteiger partial charge in [-0.05, 0) is 31.9 Å². The van der Waals surface area contributed by atoms with Crippen LogP contribution in [0.1, 0.15) is 25.6 Å². The Morgan fingerprint density at radius 3 is 3.10 bits per heavy atom. The Hall–Kier alpha value is -1.82. The van der Waals surface area contributed by atoms with Gasteiger partial charge < -0.3 is 9.88 Å². The van der Waals surface area contributed by atoms with Crippen LogP contribution >= 0.6 is 11.8 Å². The van der Waals surface area contributed by atoms with E-state index in [1.807, 2.05) is 25.1 Å². The first-order valence-electron chi connectivity index (χ1n) is 7.17. The van der Waals surface area contributed by atoms with Crippen molar-refractivity contribution in [1.29, 1.82) is 0 Å². The molecule has 0 radical (unpaired) electrons. The first-order valence-corrected chi connectivity index (χ1v) is 8.05. The number of pyridine rings is 1. The summed E-state index contributed by atoms with van der Waals surface area (Å²) in [4.78, 5) is 20.9. The van der Waals surface area contributed by atoms with Crippen molar-refractivity contribution in [3.63, 3.8) is 0 Å². The zero-order valence-electron chi connectivity index (χ0n) is 12.0. The van der Waals surface area contributed by atoms with Gasteiger partial charge in [0.25, 0.3) is 0 Å². The number of aryl methyl sites for hydroxylation is 1. The highest BCUT2D eigenvalue weighted by molar-refractivity contribution is 8.00. The van der Waals surface area contributed by atoms with Crippen LogP contribution in [0.4, 0.5) is 5.82 Å². The van der Waals surface area contributed by atoms with Crippen LogP contribution in [0.25, 0.3) is 0 Å². The first-order chi connectivity index (χ1) is 10.2. The van der Waals surface area contributed by atoms with Gasteiger partial charge in [0, 0.05) is 19.2 Å². The number of amides is 1. The van der Waals surface area contributed by atoms with E-state index in [0.717, 1.165) is 36.1 Å². The normalized spacial score (nSPS) is 15.3. The molecule has 2 aromatic rings.